The fourth-order valence-electron chi connectivity index (χ4n) is 1.78. The Bertz CT molecular complexity index is 652. The van der Waals surface area contributed by atoms with Gasteiger partial charge in [-0.2, -0.15) is 4.98 Å². The zero-order chi connectivity index (χ0) is 13.3. The van der Waals surface area contributed by atoms with E-state index < -0.39 is 0 Å². The number of hydrogen-bond donors (Lipinski definition) is 0. The molecule has 0 bridgehead atoms. The summed E-state index contributed by atoms with van der Waals surface area (Å²) >= 11 is 9.38. The van der Waals surface area contributed by atoms with Gasteiger partial charge in [-0.25, -0.2) is 4.79 Å². The van der Waals surface area contributed by atoms with Gasteiger partial charge in [0.2, 0.25) is 0 Å². The van der Waals surface area contributed by atoms with E-state index in [4.69, 9.17) is 11.6 Å². The minimum Gasteiger partial charge on any atom is -0.291 e. The van der Waals surface area contributed by atoms with Crippen LogP contribution < -0.4 is 5.69 Å². The normalized spacial score (nSPS) is 10.7. The molecule has 0 saturated heterocycles. The molecule has 1 heterocycles. The van der Waals surface area contributed by atoms with Gasteiger partial charge in [0.1, 0.15) is 0 Å². The Morgan fingerprint density at radius 1 is 1.39 bits per heavy atom. The number of benzene rings is 1. The summed E-state index contributed by atoms with van der Waals surface area (Å²) in [6.45, 7) is 4.17. The van der Waals surface area contributed by atoms with Gasteiger partial charge in [-0.05, 0) is 47.5 Å². The van der Waals surface area contributed by atoms with Gasteiger partial charge in [-0.15, -0.1) is 0 Å². The third-order valence-corrected chi connectivity index (χ3v) is 4.15. The third kappa shape index (κ3) is 2.65. The highest BCUT2D eigenvalue weighted by molar-refractivity contribution is 9.10. The Morgan fingerprint density at radius 2 is 2.11 bits per heavy atom. The minimum absolute atomic E-state index is 0.242. The first-order valence-electron chi connectivity index (χ1n) is 5.47. The zero-order valence-electron chi connectivity index (χ0n) is 10.1. The van der Waals surface area contributed by atoms with Crippen LogP contribution in [0.2, 0.25) is 5.02 Å². The smallest absolute Gasteiger partial charge is 0.291 e. The van der Waals surface area contributed by atoms with Crippen molar-refractivity contribution in [2.24, 2.45) is 0 Å². The molecule has 0 atom stereocenters. The summed E-state index contributed by atoms with van der Waals surface area (Å²) in [5.41, 5.74) is 2.31. The van der Waals surface area contributed by atoms with Gasteiger partial charge in [0, 0.05) is 10.7 Å². The number of rotatable bonds is 2. The van der Waals surface area contributed by atoms with Crippen LogP contribution in [0, 0.1) is 13.8 Å². The van der Waals surface area contributed by atoms with E-state index in [-0.39, 0.29) is 5.69 Å². The molecule has 2 rings (SSSR count). The average molecular weight is 328 g/mol. The first kappa shape index (κ1) is 13.3. The predicted octanol–water partition coefficient (Wildman–Crippen LogP) is 3.32. The second-order valence-corrected chi connectivity index (χ2v) is 5.32. The van der Waals surface area contributed by atoms with Crippen LogP contribution in [0.15, 0.2) is 33.5 Å². The number of nitrogens with zero attached hydrogens (tertiary/aromatic N) is 2. The molecule has 0 amide bonds. The Kier molecular flexibility index (Phi) is 3.88. The second kappa shape index (κ2) is 5.24. The molecular weight excluding hydrogens is 316 g/mol. The van der Waals surface area contributed by atoms with Crippen molar-refractivity contribution in [1.82, 2.24) is 9.55 Å². The summed E-state index contributed by atoms with van der Waals surface area (Å²) in [4.78, 5) is 15.9. The van der Waals surface area contributed by atoms with Crippen LogP contribution in [0.25, 0.3) is 0 Å². The van der Waals surface area contributed by atoms with Gasteiger partial charge in [0.25, 0.3) is 0 Å². The second-order valence-electron chi connectivity index (χ2n) is 4.10. The lowest BCUT2D eigenvalue weighted by atomic mass is 10.2. The number of aryl methyl sites for hydroxylation is 1. The van der Waals surface area contributed by atoms with Crippen molar-refractivity contribution in [2.45, 2.75) is 20.4 Å². The van der Waals surface area contributed by atoms with Crippen LogP contribution in [0.3, 0.4) is 0 Å². The van der Waals surface area contributed by atoms with Crippen LogP contribution in [0.1, 0.15) is 17.0 Å². The van der Waals surface area contributed by atoms with E-state index in [0.717, 1.165) is 15.7 Å². The predicted molar refractivity (Wildman–Crippen MR) is 76.2 cm³/mol. The maximum Gasteiger partial charge on any atom is 0.348 e. The molecule has 18 heavy (non-hydrogen) atoms. The van der Waals surface area contributed by atoms with Crippen molar-refractivity contribution >= 4 is 27.5 Å². The fraction of sp³-hybridized carbons (Fsp3) is 0.231. The van der Waals surface area contributed by atoms with Crippen molar-refractivity contribution in [2.75, 3.05) is 0 Å². The van der Waals surface area contributed by atoms with Crippen LogP contribution in [-0.2, 0) is 6.54 Å². The van der Waals surface area contributed by atoms with Crippen molar-refractivity contribution in [3.63, 3.8) is 0 Å². The lowest BCUT2D eigenvalue weighted by Crippen LogP contribution is -2.26. The van der Waals surface area contributed by atoms with E-state index in [1.54, 1.807) is 4.57 Å². The molecule has 2 aromatic rings. The zero-order valence-corrected chi connectivity index (χ0v) is 12.4. The SMILES string of the molecule is Cc1nc(=O)n(Cc2cccc(Cl)c2)c(C)c1Br. The molecule has 5 heteroatoms. The van der Waals surface area contributed by atoms with Crippen LogP contribution in [-0.4, -0.2) is 9.55 Å². The van der Waals surface area contributed by atoms with E-state index in [0.29, 0.717) is 17.3 Å². The standard InChI is InChI=1S/C13H12BrClN2O/c1-8-12(14)9(2)17(13(18)16-8)7-10-4-3-5-11(15)6-10/h3-6H,7H2,1-2H3. The highest BCUT2D eigenvalue weighted by Crippen LogP contribution is 2.18. The molecule has 0 radical (unpaired) electrons. The first-order valence-corrected chi connectivity index (χ1v) is 6.64. The van der Waals surface area contributed by atoms with E-state index in [1.165, 1.54) is 0 Å². The fourth-order valence-corrected chi connectivity index (χ4v) is 2.30. The van der Waals surface area contributed by atoms with Gasteiger partial charge in [-0.1, -0.05) is 23.7 Å². The van der Waals surface area contributed by atoms with Crippen LogP contribution >= 0.6 is 27.5 Å². The minimum atomic E-state index is -0.242. The molecule has 0 N–H and O–H groups in total. The van der Waals surface area contributed by atoms with Gasteiger partial charge in [0.05, 0.1) is 16.7 Å². The van der Waals surface area contributed by atoms with Crippen molar-refractivity contribution in [3.05, 3.63) is 61.2 Å². The van der Waals surface area contributed by atoms with Gasteiger partial charge in [-0.3, -0.25) is 4.57 Å². The molecule has 0 aliphatic carbocycles. The largest absolute Gasteiger partial charge is 0.348 e. The molecule has 0 unspecified atom stereocenters. The molecule has 3 nitrogen and oxygen atoms in total. The molecule has 0 spiro atoms. The highest BCUT2D eigenvalue weighted by Gasteiger charge is 2.09. The van der Waals surface area contributed by atoms with Crippen molar-refractivity contribution < 1.29 is 0 Å². The molecule has 1 aromatic carbocycles. The lowest BCUT2D eigenvalue weighted by molar-refractivity contribution is 0.688. The Labute approximate surface area is 119 Å². The summed E-state index contributed by atoms with van der Waals surface area (Å²) in [6.07, 6.45) is 0. The molecule has 0 fully saturated rings. The Morgan fingerprint density at radius 3 is 2.78 bits per heavy atom. The maximum absolute atomic E-state index is 11.9. The van der Waals surface area contributed by atoms with Gasteiger partial charge < -0.3 is 0 Å². The third-order valence-electron chi connectivity index (χ3n) is 2.76. The van der Waals surface area contributed by atoms with Crippen molar-refractivity contribution in [3.8, 4) is 0 Å². The summed E-state index contributed by atoms with van der Waals surface area (Å²) < 4.78 is 2.49. The van der Waals surface area contributed by atoms with Crippen LogP contribution in [0.5, 0.6) is 0 Å². The molecule has 1 aromatic heterocycles. The summed E-state index contributed by atoms with van der Waals surface area (Å²) in [6, 6.07) is 7.46. The van der Waals surface area contributed by atoms with E-state index >= 15 is 0 Å². The average Bonchev–Trinajstić information content (AvgIpc) is 2.32. The topological polar surface area (TPSA) is 34.9 Å². The van der Waals surface area contributed by atoms with Crippen molar-refractivity contribution in [1.29, 1.82) is 0 Å². The summed E-state index contributed by atoms with van der Waals surface area (Å²) in [5, 5.41) is 0.664. The Balaban J connectivity index is 2.47. The highest BCUT2D eigenvalue weighted by atomic mass is 79.9. The van der Waals surface area contributed by atoms with Gasteiger partial charge in [0.15, 0.2) is 0 Å². The van der Waals surface area contributed by atoms with E-state index in [1.807, 2.05) is 38.1 Å². The number of hydrogen-bond acceptors (Lipinski definition) is 2. The molecule has 0 aliphatic rings. The first-order chi connectivity index (χ1) is 8.49. The van der Waals surface area contributed by atoms with Crippen LogP contribution in [0.4, 0.5) is 0 Å². The molecule has 0 saturated carbocycles. The van der Waals surface area contributed by atoms with E-state index in [2.05, 4.69) is 20.9 Å². The Hall–Kier alpha value is -1.13. The number of aromatic nitrogens is 2. The molecular formula is C13H12BrClN2O. The molecule has 94 valence electrons. The molecule has 0 aliphatic heterocycles. The monoisotopic (exact) mass is 326 g/mol. The summed E-state index contributed by atoms with van der Waals surface area (Å²) in [5.74, 6) is 0. The number of halogens is 2. The quantitative estimate of drug-likeness (QED) is 0.848. The van der Waals surface area contributed by atoms with E-state index in [9.17, 15) is 4.79 Å². The summed E-state index contributed by atoms with van der Waals surface area (Å²) in [7, 11) is 0. The lowest BCUT2D eigenvalue weighted by Gasteiger charge is -2.12. The van der Waals surface area contributed by atoms with Gasteiger partial charge >= 0.3 is 5.69 Å². The maximum atomic E-state index is 11.9.